The Hall–Kier alpha value is -2.93. The van der Waals surface area contributed by atoms with Gasteiger partial charge in [-0.2, -0.15) is 0 Å². The van der Waals surface area contributed by atoms with Gasteiger partial charge in [0.05, 0.1) is 15.5 Å². The highest BCUT2D eigenvalue weighted by Gasteiger charge is 2.18. The first kappa shape index (κ1) is 20.4. The number of carbonyl (C=O) groups is 2. The van der Waals surface area contributed by atoms with Crippen LogP contribution in [-0.2, 0) is 9.53 Å². The van der Waals surface area contributed by atoms with Gasteiger partial charge in [0.2, 0.25) is 0 Å². The van der Waals surface area contributed by atoms with Gasteiger partial charge in [-0.05, 0) is 30.0 Å². The molecule has 0 bridgehead atoms. The maximum absolute atomic E-state index is 12.2. The number of nitro groups is 1. The summed E-state index contributed by atoms with van der Waals surface area (Å²) in [5, 5.41) is 13.4. The van der Waals surface area contributed by atoms with E-state index in [9.17, 15) is 19.7 Å². The number of benzene rings is 2. The fourth-order valence-electron chi connectivity index (χ4n) is 2.51. The summed E-state index contributed by atoms with van der Waals surface area (Å²) in [5.41, 5.74) is 2.29. The highest BCUT2D eigenvalue weighted by molar-refractivity contribution is 6.33. The molecule has 2 aromatic rings. The predicted octanol–water partition coefficient (Wildman–Crippen LogP) is 4.48. The molecular formula is C19H19ClN2O5. The van der Waals surface area contributed by atoms with E-state index in [-0.39, 0.29) is 22.2 Å². The zero-order valence-electron chi connectivity index (χ0n) is 15.1. The third-order valence-electron chi connectivity index (χ3n) is 3.91. The van der Waals surface area contributed by atoms with Crippen LogP contribution in [0.1, 0.15) is 41.3 Å². The zero-order chi connectivity index (χ0) is 20.1. The lowest BCUT2D eigenvalue weighted by atomic mass is 9.98. The van der Waals surface area contributed by atoms with E-state index in [0.29, 0.717) is 5.69 Å². The lowest BCUT2D eigenvalue weighted by molar-refractivity contribution is -0.384. The second kappa shape index (κ2) is 8.64. The minimum absolute atomic E-state index is 0.0474. The van der Waals surface area contributed by atoms with Crippen molar-refractivity contribution in [2.24, 2.45) is 0 Å². The molecule has 0 aliphatic carbocycles. The van der Waals surface area contributed by atoms with E-state index in [1.54, 1.807) is 0 Å². The first-order valence-corrected chi connectivity index (χ1v) is 8.59. The topological polar surface area (TPSA) is 98.5 Å². The Balaban J connectivity index is 2.04. The van der Waals surface area contributed by atoms with Crippen molar-refractivity contribution in [1.82, 2.24) is 0 Å². The van der Waals surface area contributed by atoms with Crippen LogP contribution in [0.2, 0.25) is 5.02 Å². The molecule has 0 saturated heterocycles. The molecule has 0 radical (unpaired) electrons. The Morgan fingerprint density at radius 3 is 2.56 bits per heavy atom. The third kappa shape index (κ3) is 5.04. The van der Waals surface area contributed by atoms with Crippen molar-refractivity contribution in [3.8, 4) is 0 Å². The maximum atomic E-state index is 12.2. The van der Waals surface area contributed by atoms with Gasteiger partial charge in [-0.15, -0.1) is 0 Å². The summed E-state index contributed by atoms with van der Waals surface area (Å²) in [6.45, 7) is 5.41. The summed E-state index contributed by atoms with van der Waals surface area (Å²) < 4.78 is 4.98. The molecule has 0 aliphatic rings. The van der Waals surface area contributed by atoms with E-state index in [2.05, 4.69) is 5.32 Å². The second-order valence-corrected chi connectivity index (χ2v) is 6.65. The van der Waals surface area contributed by atoms with E-state index in [4.69, 9.17) is 16.3 Å². The van der Waals surface area contributed by atoms with Crippen LogP contribution in [0, 0.1) is 17.0 Å². The van der Waals surface area contributed by atoms with Crippen molar-refractivity contribution in [3.63, 3.8) is 0 Å². The van der Waals surface area contributed by atoms with Crippen molar-refractivity contribution in [2.45, 2.75) is 26.7 Å². The van der Waals surface area contributed by atoms with Crippen molar-refractivity contribution < 1.29 is 19.2 Å². The molecule has 0 atom stereocenters. The highest BCUT2D eigenvalue weighted by Crippen LogP contribution is 2.27. The van der Waals surface area contributed by atoms with Crippen LogP contribution < -0.4 is 5.32 Å². The van der Waals surface area contributed by atoms with Gasteiger partial charge in [0.1, 0.15) is 0 Å². The van der Waals surface area contributed by atoms with E-state index in [1.807, 2.05) is 39.0 Å². The normalized spacial score (nSPS) is 10.6. The Bertz CT molecular complexity index is 896. The van der Waals surface area contributed by atoms with Crippen LogP contribution in [0.3, 0.4) is 0 Å². The molecule has 0 aliphatic heterocycles. The van der Waals surface area contributed by atoms with Crippen molar-refractivity contribution >= 4 is 34.9 Å². The number of hydrogen-bond donors (Lipinski definition) is 1. The van der Waals surface area contributed by atoms with E-state index < -0.39 is 23.4 Å². The third-order valence-corrected chi connectivity index (χ3v) is 4.22. The summed E-state index contributed by atoms with van der Waals surface area (Å²) in [6.07, 6.45) is 0. The number of esters is 1. The Morgan fingerprint density at radius 2 is 1.96 bits per heavy atom. The number of non-ortho nitro benzene ring substituents is 1. The quantitative estimate of drug-likeness (QED) is 0.445. The number of nitrogens with one attached hydrogen (secondary N) is 1. The fraction of sp³-hybridized carbons (Fsp3) is 0.263. The lowest BCUT2D eigenvalue weighted by Gasteiger charge is -2.16. The fourth-order valence-corrected chi connectivity index (χ4v) is 2.76. The number of rotatable bonds is 6. The number of halogens is 1. The molecule has 142 valence electrons. The first-order chi connectivity index (χ1) is 12.7. The summed E-state index contributed by atoms with van der Waals surface area (Å²) in [7, 11) is 0. The van der Waals surface area contributed by atoms with Gasteiger partial charge in [-0.3, -0.25) is 14.9 Å². The van der Waals surface area contributed by atoms with Gasteiger partial charge in [-0.25, -0.2) is 4.79 Å². The standard InChI is InChI=1S/C19H19ClN2O5/c1-11(2)14-6-4-5-12(3)18(14)21-17(23)10-27-19(24)15-8-7-13(22(25)26)9-16(15)20/h4-9,11H,10H2,1-3H3,(H,21,23). The van der Waals surface area contributed by atoms with Crippen LogP contribution in [0.4, 0.5) is 11.4 Å². The zero-order valence-corrected chi connectivity index (χ0v) is 15.9. The monoisotopic (exact) mass is 390 g/mol. The van der Waals surface area contributed by atoms with Crippen LogP contribution in [0.25, 0.3) is 0 Å². The van der Waals surface area contributed by atoms with E-state index in [1.165, 1.54) is 6.07 Å². The summed E-state index contributed by atoms with van der Waals surface area (Å²) in [5.74, 6) is -1.11. The second-order valence-electron chi connectivity index (χ2n) is 6.24. The molecule has 2 aromatic carbocycles. The average molecular weight is 391 g/mol. The molecule has 27 heavy (non-hydrogen) atoms. The van der Waals surface area contributed by atoms with Gasteiger partial charge in [0.15, 0.2) is 6.61 Å². The molecular weight excluding hydrogens is 372 g/mol. The smallest absolute Gasteiger partial charge is 0.340 e. The SMILES string of the molecule is Cc1cccc(C(C)C)c1NC(=O)COC(=O)c1ccc([N+](=O)[O-])cc1Cl. The van der Waals surface area contributed by atoms with E-state index >= 15 is 0 Å². The molecule has 1 N–H and O–H groups in total. The molecule has 0 aromatic heterocycles. The van der Waals surface area contributed by atoms with Crippen LogP contribution in [0.5, 0.6) is 0 Å². The number of carbonyl (C=O) groups excluding carboxylic acids is 2. The Morgan fingerprint density at radius 1 is 1.26 bits per heavy atom. The number of para-hydroxylation sites is 1. The Kier molecular flexibility index (Phi) is 6.52. The van der Waals surface area contributed by atoms with Gasteiger partial charge in [-0.1, -0.05) is 43.6 Å². The molecule has 1 amide bonds. The van der Waals surface area contributed by atoms with Gasteiger partial charge in [0, 0.05) is 17.8 Å². The highest BCUT2D eigenvalue weighted by atomic mass is 35.5. The van der Waals surface area contributed by atoms with E-state index in [0.717, 1.165) is 23.3 Å². The minimum atomic E-state index is -0.834. The molecule has 0 saturated carbocycles. The Labute approximate surface area is 161 Å². The molecule has 0 spiro atoms. The molecule has 0 fully saturated rings. The minimum Gasteiger partial charge on any atom is -0.452 e. The number of anilines is 1. The van der Waals surface area contributed by atoms with Crippen LogP contribution in [-0.4, -0.2) is 23.4 Å². The number of hydrogen-bond acceptors (Lipinski definition) is 5. The summed E-state index contributed by atoms with van der Waals surface area (Å²) >= 11 is 5.88. The van der Waals surface area contributed by atoms with Crippen LogP contribution in [0.15, 0.2) is 36.4 Å². The summed E-state index contributed by atoms with van der Waals surface area (Å²) in [6, 6.07) is 9.11. The van der Waals surface area contributed by atoms with Gasteiger partial charge >= 0.3 is 5.97 Å². The molecule has 0 unspecified atom stereocenters. The maximum Gasteiger partial charge on any atom is 0.340 e. The molecule has 0 heterocycles. The summed E-state index contributed by atoms with van der Waals surface area (Å²) in [4.78, 5) is 34.4. The molecule has 7 nitrogen and oxygen atoms in total. The number of nitro benzene ring substituents is 1. The van der Waals surface area contributed by atoms with Crippen LogP contribution >= 0.6 is 11.6 Å². The van der Waals surface area contributed by atoms with Gasteiger partial charge in [0.25, 0.3) is 11.6 Å². The van der Waals surface area contributed by atoms with Crippen molar-refractivity contribution in [1.29, 1.82) is 0 Å². The number of nitrogens with zero attached hydrogens (tertiary/aromatic N) is 1. The first-order valence-electron chi connectivity index (χ1n) is 8.21. The number of amides is 1. The molecule has 2 rings (SSSR count). The average Bonchev–Trinajstić information content (AvgIpc) is 2.61. The predicted molar refractivity (Wildman–Crippen MR) is 102 cm³/mol. The number of ether oxygens (including phenoxy) is 1. The van der Waals surface area contributed by atoms with Crippen molar-refractivity contribution in [3.05, 3.63) is 68.2 Å². The largest absolute Gasteiger partial charge is 0.452 e. The van der Waals surface area contributed by atoms with Crippen molar-refractivity contribution in [2.75, 3.05) is 11.9 Å². The lowest BCUT2D eigenvalue weighted by Crippen LogP contribution is -2.22. The molecule has 8 heteroatoms. The van der Waals surface area contributed by atoms with Gasteiger partial charge < -0.3 is 10.1 Å². The number of aryl methyl sites for hydroxylation is 1.